The van der Waals surface area contributed by atoms with Crippen molar-refractivity contribution in [2.24, 2.45) is 0 Å². The molecule has 0 aromatic carbocycles. The maximum absolute atomic E-state index is 9.69. The van der Waals surface area contributed by atoms with Crippen molar-refractivity contribution >= 4 is 57.7 Å². The molecule has 6 heteroatoms. The van der Waals surface area contributed by atoms with Gasteiger partial charge in [0.15, 0.2) is 0 Å². The number of nitrogens with one attached hydrogen (secondary N) is 1. The fourth-order valence-electron chi connectivity index (χ4n) is 0.170. The van der Waals surface area contributed by atoms with Crippen LogP contribution in [0, 0.1) is 0 Å². The minimum Gasteiger partial charge on any atom is -1.00 e. The van der Waals surface area contributed by atoms with Gasteiger partial charge in [-0.3, -0.25) is 0 Å². The van der Waals surface area contributed by atoms with Gasteiger partial charge in [0, 0.05) is 0 Å². The molecule has 0 aromatic rings. The minimum absolute atomic E-state index is 0. The molecule has 0 fully saturated rings. The third kappa shape index (κ3) is 12.1. The Morgan fingerprint density at radius 2 is 2.44 bits per heavy atom. The second kappa shape index (κ2) is 8.79. The first-order valence-corrected chi connectivity index (χ1v) is 2.75. The van der Waals surface area contributed by atoms with E-state index < -0.39 is 5.97 Å². The molecule has 0 amide bonds. The van der Waals surface area contributed by atoms with Crippen LogP contribution in [0.25, 0.3) is 0 Å². The van der Waals surface area contributed by atoms with E-state index in [-0.39, 0.29) is 55.2 Å². The molecule has 0 radical (unpaired) electrons. The number of carboxylic acids is 1. The van der Waals surface area contributed by atoms with Crippen LogP contribution in [0.4, 0.5) is 0 Å². The van der Waals surface area contributed by atoms with Crippen molar-refractivity contribution in [3.63, 3.8) is 0 Å². The predicted molar refractivity (Wildman–Crippen MR) is 37.3 cm³/mol. The summed E-state index contributed by atoms with van der Waals surface area (Å²) in [5.74, 6) is 0.165. The van der Waals surface area contributed by atoms with E-state index in [1.165, 1.54) is 0 Å². The van der Waals surface area contributed by atoms with Crippen LogP contribution in [0.2, 0.25) is 0 Å². The molecule has 48 valence electrons. The smallest absolute Gasteiger partial charge is 1.00 e. The summed E-state index contributed by atoms with van der Waals surface area (Å²) >= 11 is 0. The molecule has 0 bridgehead atoms. The molecule has 2 N–H and O–H groups in total. The van der Waals surface area contributed by atoms with Crippen molar-refractivity contribution in [1.82, 2.24) is 5.32 Å². The summed E-state index contributed by atoms with van der Waals surface area (Å²) in [7, 11) is -0.199. The van der Waals surface area contributed by atoms with Gasteiger partial charge in [-0.2, -0.15) is 0 Å². The van der Waals surface area contributed by atoms with Gasteiger partial charge < -0.3 is 2.85 Å². The topological polar surface area (TPSA) is 66.4 Å². The van der Waals surface area contributed by atoms with E-state index in [2.05, 4.69) is 5.32 Å². The van der Waals surface area contributed by atoms with E-state index in [0.717, 1.165) is 5.92 Å². The number of rotatable bonds is 3. The monoisotopic (exact) mass is 176 g/mol. The molecule has 0 atom stereocenters. The zero-order chi connectivity index (χ0) is 6.41. The molecule has 0 saturated carbocycles. The first-order chi connectivity index (χ1) is 3.77. The van der Waals surface area contributed by atoms with Crippen LogP contribution in [0.5, 0.6) is 0 Å². The van der Waals surface area contributed by atoms with Gasteiger partial charge in [-0.25, -0.2) is 0 Å². The zero-order valence-electron chi connectivity index (χ0n) is 6.70. The first-order valence-electron chi connectivity index (χ1n) is 1.86. The van der Waals surface area contributed by atoms with E-state index in [1.807, 2.05) is 0 Å². The van der Waals surface area contributed by atoms with E-state index >= 15 is 0 Å². The molecule has 0 aliphatic heterocycles. The van der Waals surface area contributed by atoms with Gasteiger partial charge in [-0.05, 0) is 0 Å². The van der Waals surface area contributed by atoms with Crippen LogP contribution in [0.15, 0.2) is 0 Å². The Bertz CT molecular complexity index is 139. The average molecular weight is 176 g/mol. The Labute approximate surface area is 86.4 Å². The first kappa shape index (κ1) is 12.5. The fraction of sp³-hybridized carbons (Fsp3) is 0.333. The van der Waals surface area contributed by atoms with Gasteiger partial charge in [-0.15, -0.1) is 0 Å². The standard InChI is InChI=1S/C3H4NO3P.Ca.2H/c5-3(6)1-4-2-8-7;;;/h2,4H,1H2;;;/q;+2;2*-1/p+1. The Kier molecular flexibility index (Phi) is 12.2. The van der Waals surface area contributed by atoms with E-state index in [4.69, 9.17) is 5.11 Å². The summed E-state index contributed by atoms with van der Waals surface area (Å²) in [5, 5.41) is 10.2. The molecule has 0 aliphatic carbocycles. The molecule has 0 spiro atoms. The second-order valence-corrected chi connectivity index (χ2v) is 1.48. The number of aliphatic carboxylic acids is 1. The van der Waals surface area contributed by atoms with Crippen LogP contribution < -0.4 is 5.32 Å². The number of hydrogen-bond donors (Lipinski definition) is 2. The Morgan fingerprint density at radius 3 is 2.78 bits per heavy atom. The van der Waals surface area contributed by atoms with Gasteiger partial charge >= 0.3 is 84.0 Å². The normalized spacial score (nSPS) is 7.11. The Hall–Kier alpha value is 0.790. The fourth-order valence-corrected chi connectivity index (χ4v) is 0.336. The van der Waals surface area contributed by atoms with E-state index in [9.17, 15) is 9.36 Å². The Morgan fingerprint density at radius 1 is 1.89 bits per heavy atom. The quantitative estimate of drug-likeness (QED) is 0.451. The zero-order valence-corrected chi connectivity index (χ0v) is 7.81. The molecule has 9 heavy (non-hydrogen) atoms. The van der Waals surface area contributed by atoms with Crippen molar-refractivity contribution in [3.05, 3.63) is 0 Å². The maximum Gasteiger partial charge on any atom is 2.00 e. The van der Waals surface area contributed by atoms with Gasteiger partial charge in [0.2, 0.25) is 0 Å². The summed E-state index contributed by atoms with van der Waals surface area (Å²) in [6.45, 7) is -0.185. The molecule has 0 aliphatic rings. The summed E-state index contributed by atoms with van der Waals surface area (Å²) in [5.41, 5.74) is 0. The minimum atomic E-state index is -0.968. The number of carbonyl (C=O) groups is 1. The van der Waals surface area contributed by atoms with Crippen molar-refractivity contribution in [1.29, 1.82) is 0 Å². The molecule has 0 rings (SSSR count). The molecule has 0 unspecified atom stereocenters. The predicted octanol–water partition coefficient (Wildman–Crippen LogP) is -0.444. The van der Waals surface area contributed by atoms with Crippen molar-refractivity contribution < 1.29 is 17.3 Å². The van der Waals surface area contributed by atoms with Crippen LogP contribution in [-0.2, 0) is 9.36 Å². The molecular formula is C3H7CaNO3P+. The molecular weight excluding hydrogens is 169 g/mol. The third-order valence-electron chi connectivity index (χ3n) is 0.397. The second-order valence-electron chi connectivity index (χ2n) is 1.01. The van der Waals surface area contributed by atoms with Gasteiger partial charge in [0.25, 0.3) is 0 Å². The van der Waals surface area contributed by atoms with Gasteiger partial charge in [0.1, 0.15) is 0 Å². The number of carboxylic acid groups (broad SMARTS) is 1. The molecule has 4 nitrogen and oxygen atoms in total. The third-order valence-corrected chi connectivity index (χ3v) is 0.685. The molecule has 0 saturated heterocycles. The van der Waals surface area contributed by atoms with E-state index in [0.29, 0.717) is 0 Å². The van der Waals surface area contributed by atoms with Crippen molar-refractivity contribution in [2.45, 2.75) is 0 Å². The van der Waals surface area contributed by atoms with Gasteiger partial charge in [-0.1, -0.05) is 0 Å². The van der Waals surface area contributed by atoms with Crippen molar-refractivity contribution in [2.75, 3.05) is 6.54 Å². The summed E-state index contributed by atoms with van der Waals surface area (Å²) in [6, 6.07) is 0. The van der Waals surface area contributed by atoms with Crippen LogP contribution in [0.1, 0.15) is 2.85 Å². The molecule has 0 aromatic heterocycles. The van der Waals surface area contributed by atoms with E-state index in [1.54, 1.807) is 0 Å². The SMILES string of the molecule is O=[P+]=CNCC(=O)O.[Ca+2].[H-].[H-]. The summed E-state index contributed by atoms with van der Waals surface area (Å²) < 4.78 is 9.57. The maximum atomic E-state index is 9.69. The number of hydrogen-bond acceptors (Lipinski definition) is 2. The molecule has 0 heterocycles. The van der Waals surface area contributed by atoms with Gasteiger partial charge in [0.05, 0.1) is 0 Å². The largest absolute Gasteiger partial charge is 2.00 e. The average Bonchev–Trinajstić information content (AvgIpc) is 1.66. The van der Waals surface area contributed by atoms with Crippen LogP contribution in [0.3, 0.4) is 0 Å². The van der Waals surface area contributed by atoms with Crippen molar-refractivity contribution in [3.8, 4) is 0 Å². The van der Waals surface area contributed by atoms with Crippen LogP contribution >= 0.6 is 8.08 Å². The Balaban J connectivity index is -0.0000000817. The van der Waals surface area contributed by atoms with Crippen LogP contribution in [-0.4, -0.2) is 61.3 Å². The summed E-state index contributed by atoms with van der Waals surface area (Å²) in [6.07, 6.45) is 0. The summed E-state index contributed by atoms with van der Waals surface area (Å²) in [4.78, 5) is 9.69.